The van der Waals surface area contributed by atoms with E-state index in [0.29, 0.717) is 251 Å². The number of epoxide rings is 1. The molecule has 21 nitrogen and oxygen atoms in total. The lowest BCUT2D eigenvalue weighted by Gasteiger charge is -2.09. The van der Waals surface area contributed by atoms with E-state index in [4.69, 9.17) is 99.8 Å². The van der Waals surface area contributed by atoms with Crippen LogP contribution in [0.15, 0.2) is 0 Å². The highest BCUT2D eigenvalue weighted by molar-refractivity contribution is 8.16. The van der Waals surface area contributed by atoms with Crippen LogP contribution in [0.3, 0.4) is 0 Å². The topological polar surface area (TPSA) is 208 Å². The Morgan fingerprint density at radius 3 is 0.627 bits per heavy atom. The summed E-state index contributed by atoms with van der Waals surface area (Å²) in [5, 5.41) is 9.70. The molecule has 1 saturated heterocycles. The smallest absolute Gasteiger partial charge is 0.0900 e. The molecular formula is C44H88O21S2. The number of aliphatic hydroxyl groups excluding tert-OH is 1. The molecule has 0 spiro atoms. The Kier molecular flexibility index (Phi) is 58.3. The van der Waals surface area contributed by atoms with Crippen molar-refractivity contribution in [2.75, 3.05) is 281 Å². The first kappa shape index (κ1) is 64.9. The van der Waals surface area contributed by atoms with Gasteiger partial charge in [0.15, 0.2) is 0 Å². The third-order valence-corrected chi connectivity index (χ3v) is 10.6. The molecule has 0 bridgehead atoms. The minimum atomic E-state index is 0.0202. The van der Waals surface area contributed by atoms with Gasteiger partial charge in [-0.3, -0.25) is 0 Å². The molecule has 1 N–H and O–H groups in total. The van der Waals surface area contributed by atoms with Gasteiger partial charge in [0.2, 0.25) is 0 Å². The molecule has 1 fully saturated rings. The lowest BCUT2D eigenvalue weighted by Crippen LogP contribution is -2.16. The van der Waals surface area contributed by atoms with Gasteiger partial charge in [0.1, 0.15) is 0 Å². The van der Waals surface area contributed by atoms with E-state index in [0.717, 1.165) is 29.8 Å². The molecule has 0 radical (unpaired) electrons. The van der Waals surface area contributed by atoms with E-state index in [-0.39, 0.29) is 6.61 Å². The number of hydrogen-bond acceptors (Lipinski definition) is 23. The molecule has 0 saturated carbocycles. The number of hydrogen-bond donors (Lipinski definition) is 1. The largest absolute Gasteiger partial charge is 0.394 e. The standard InChI is InChI=1S/C44H88O21S2/c45-1-2-46-3-4-47-5-6-48-7-8-49-9-10-50-11-12-51-13-14-52-15-16-53-17-18-54-19-20-55-21-22-56-23-24-57-25-26-58-27-28-59-29-30-60-31-32-61-33-34-62-35-36-63-37-38-64-39-40-66-43-67-42-44-41-65-44/h44-45H,1-43H2. The highest BCUT2D eigenvalue weighted by atomic mass is 32.2. The number of rotatable bonds is 63. The molecule has 0 aromatic carbocycles. The maximum Gasteiger partial charge on any atom is 0.0900 e. The second-order valence-electron chi connectivity index (χ2n) is 13.7. The monoisotopic (exact) mass is 1020 g/mol. The Bertz CT molecular complexity index is 896. The summed E-state index contributed by atoms with van der Waals surface area (Å²) in [6.45, 7) is 20.2. The highest BCUT2D eigenvalue weighted by Gasteiger charge is 2.21. The number of thioether (sulfide) groups is 2. The van der Waals surface area contributed by atoms with Crippen molar-refractivity contribution in [3.8, 4) is 0 Å². The van der Waals surface area contributed by atoms with E-state index in [1.165, 1.54) is 0 Å². The fraction of sp³-hybridized carbons (Fsp3) is 1.00. The molecule has 0 aliphatic carbocycles. The van der Waals surface area contributed by atoms with Crippen molar-refractivity contribution < 1.29 is 99.8 Å². The summed E-state index contributed by atoms with van der Waals surface area (Å²) >= 11 is 3.82. The fourth-order valence-electron chi connectivity index (χ4n) is 4.70. The summed E-state index contributed by atoms with van der Waals surface area (Å²) in [6.07, 6.45) is 0.503. The summed E-state index contributed by atoms with van der Waals surface area (Å²) in [5.74, 6) is 2.11. The van der Waals surface area contributed by atoms with Crippen molar-refractivity contribution in [3.63, 3.8) is 0 Å². The van der Waals surface area contributed by atoms with Crippen LogP contribution in [0.4, 0.5) is 0 Å². The molecular weight excluding hydrogens is 929 g/mol. The Labute approximate surface area is 409 Å². The van der Waals surface area contributed by atoms with E-state index < -0.39 is 0 Å². The predicted octanol–water partition coefficient (Wildman–Crippen LogP) is 1.12. The van der Waals surface area contributed by atoms with Crippen LogP contribution in [-0.4, -0.2) is 292 Å². The molecule has 67 heavy (non-hydrogen) atoms. The third-order valence-electron chi connectivity index (χ3n) is 8.18. The molecule has 1 unspecified atom stereocenters. The SMILES string of the molecule is OCCOCCOCCOCCOCCOCCOCCOCCOCCOCCOCCOCCOCCOCCOCCOCCOCCOCCOCCOCCSCSCC1CO1. The van der Waals surface area contributed by atoms with E-state index in [1.54, 1.807) is 0 Å². The zero-order chi connectivity index (χ0) is 47.5. The summed E-state index contributed by atoms with van der Waals surface area (Å²) < 4.78 is 109. The Morgan fingerprint density at radius 1 is 0.269 bits per heavy atom. The summed E-state index contributed by atoms with van der Waals surface area (Å²) in [7, 11) is 0. The first-order chi connectivity index (χ1) is 33.4. The van der Waals surface area contributed by atoms with Gasteiger partial charge < -0.3 is 99.8 Å². The van der Waals surface area contributed by atoms with Crippen LogP contribution in [0.1, 0.15) is 0 Å². The van der Waals surface area contributed by atoms with Crippen LogP contribution in [0.5, 0.6) is 0 Å². The van der Waals surface area contributed by atoms with Crippen LogP contribution < -0.4 is 0 Å². The fourth-order valence-corrected chi connectivity index (χ4v) is 6.72. The molecule has 402 valence electrons. The summed E-state index contributed by atoms with van der Waals surface area (Å²) in [6, 6.07) is 0. The van der Waals surface area contributed by atoms with Crippen LogP contribution in [0.2, 0.25) is 0 Å². The molecule has 0 aromatic heterocycles. The number of ether oxygens (including phenoxy) is 20. The molecule has 0 aromatic rings. The van der Waals surface area contributed by atoms with Crippen molar-refractivity contribution in [3.05, 3.63) is 0 Å². The van der Waals surface area contributed by atoms with Gasteiger partial charge in [-0.05, 0) is 0 Å². The Morgan fingerprint density at radius 2 is 0.448 bits per heavy atom. The zero-order valence-corrected chi connectivity index (χ0v) is 42.0. The maximum atomic E-state index is 8.60. The van der Waals surface area contributed by atoms with Crippen molar-refractivity contribution >= 4 is 23.5 Å². The highest BCUT2D eigenvalue weighted by Crippen LogP contribution is 2.19. The summed E-state index contributed by atoms with van der Waals surface area (Å²) in [4.78, 5) is 0. The maximum absolute atomic E-state index is 8.60. The Balaban J connectivity index is 1.57. The molecule has 1 aliphatic rings. The van der Waals surface area contributed by atoms with Crippen LogP contribution in [-0.2, 0) is 94.7 Å². The van der Waals surface area contributed by atoms with Gasteiger partial charge >= 0.3 is 0 Å². The predicted molar refractivity (Wildman–Crippen MR) is 252 cm³/mol. The Hall–Kier alpha value is -0.140. The zero-order valence-electron chi connectivity index (χ0n) is 40.4. The van der Waals surface area contributed by atoms with Gasteiger partial charge in [-0.25, -0.2) is 0 Å². The molecule has 1 aliphatic heterocycles. The van der Waals surface area contributed by atoms with Gasteiger partial charge in [0.25, 0.3) is 0 Å². The van der Waals surface area contributed by atoms with Gasteiger partial charge in [0.05, 0.1) is 270 Å². The van der Waals surface area contributed by atoms with Gasteiger partial charge in [0, 0.05) is 16.6 Å². The van der Waals surface area contributed by atoms with E-state index >= 15 is 0 Å². The lowest BCUT2D eigenvalue weighted by molar-refractivity contribution is -0.0312. The lowest BCUT2D eigenvalue weighted by atomic mass is 10.6. The molecule has 23 heteroatoms. The quantitative estimate of drug-likeness (QED) is 0.0515. The van der Waals surface area contributed by atoms with Gasteiger partial charge in [-0.2, -0.15) is 0 Å². The van der Waals surface area contributed by atoms with E-state index in [1.807, 2.05) is 23.5 Å². The average molecular weight is 1020 g/mol. The minimum absolute atomic E-state index is 0.0202. The van der Waals surface area contributed by atoms with Crippen LogP contribution in [0, 0.1) is 0 Å². The van der Waals surface area contributed by atoms with Gasteiger partial charge in [-0.15, -0.1) is 23.5 Å². The van der Waals surface area contributed by atoms with E-state index in [2.05, 4.69) is 0 Å². The molecule has 1 atom stereocenters. The van der Waals surface area contributed by atoms with E-state index in [9.17, 15) is 0 Å². The van der Waals surface area contributed by atoms with Crippen molar-refractivity contribution in [1.82, 2.24) is 0 Å². The van der Waals surface area contributed by atoms with Crippen molar-refractivity contribution in [2.24, 2.45) is 0 Å². The summed E-state index contributed by atoms with van der Waals surface area (Å²) in [5.41, 5.74) is 0. The van der Waals surface area contributed by atoms with Gasteiger partial charge in [-0.1, -0.05) is 0 Å². The van der Waals surface area contributed by atoms with Crippen molar-refractivity contribution in [1.29, 1.82) is 0 Å². The van der Waals surface area contributed by atoms with Crippen molar-refractivity contribution in [2.45, 2.75) is 6.10 Å². The third kappa shape index (κ3) is 60.1. The normalized spacial score (nSPS) is 13.7. The van der Waals surface area contributed by atoms with Crippen LogP contribution in [0.25, 0.3) is 0 Å². The first-order valence-electron chi connectivity index (χ1n) is 23.8. The molecule has 0 amide bonds. The average Bonchev–Trinajstić information content (AvgIpc) is 4.18. The molecule has 1 heterocycles. The minimum Gasteiger partial charge on any atom is -0.394 e. The second-order valence-corrected chi connectivity index (χ2v) is 16.2. The first-order valence-corrected chi connectivity index (χ1v) is 26.1. The number of aliphatic hydroxyl groups is 1. The van der Waals surface area contributed by atoms with Crippen LogP contribution >= 0.6 is 23.5 Å². The molecule has 1 rings (SSSR count). The second kappa shape index (κ2) is 60.2.